The molecule has 2 aromatic carbocycles. The van der Waals surface area contributed by atoms with Gasteiger partial charge in [0.05, 0.1) is 0 Å². The van der Waals surface area contributed by atoms with E-state index in [4.69, 9.17) is 10.5 Å². The van der Waals surface area contributed by atoms with Gasteiger partial charge in [-0.3, -0.25) is 4.79 Å². The molecule has 4 nitrogen and oxygen atoms in total. The van der Waals surface area contributed by atoms with Gasteiger partial charge in [0.1, 0.15) is 5.75 Å². The number of hydrogen-bond acceptors (Lipinski definition) is 3. The zero-order valence-corrected chi connectivity index (χ0v) is 10.8. The molecule has 0 saturated heterocycles. The van der Waals surface area contributed by atoms with Crippen molar-refractivity contribution in [3.8, 4) is 11.5 Å². The molecule has 0 bridgehead atoms. The minimum absolute atomic E-state index is 0.143. The fourth-order valence-corrected chi connectivity index (χ4v) is 1.62. The van der Waals surface area contributed by atoms with Crippen molar-refractivity contribution < 1.29 is 13.9 Å². The monoisotopic (exact) mass is 274 g/mol. The van der Waals surface area contributed by atoms with E-state index in [9.17, 15) is 9.18 Å². The van der Waals surface area contributed by atoms with E-state index in [0.717, 1.165) is 0 Å². The second-order valence-electron chi connectivity index (χ2n) is 4.14. The predicted molar refractivity (Wildman–Crippen MR) is 75.2 cm³/mol. The molecular weight excluding hydrogens is 259 g/mol. The number of anilines is 1. The summed E-state index contributed by atoms with van der Waals surface area (Å²) in [4.78, 5) is 11.4. The van der Waals surface area contributed by atoms with Gasteiger partial charge < -0.3 is 15.8 Å². The molecule has 2 aromatic rings. The maximum atomic E-state index is 13.4. The fourth-order valence-electron chi connectivity index (χ4n) is 1.62. The summed E-state index contributed by atoms with van der Waals surface area (Å²) < 4.78 is 18.8. The molecule has 0 fully saturated rings. The normalized spacial score (nSPS) is 10.1. The summed E-state index contributed by atoms with van der Waals surface area (Å²) in [6.07, 6.45) is 0.271. The van der Waals surface area contributed by atoms with Gasteiger partial charge in [0.25, 0.3) is 0 Å². The average Bonchev–Trinajstić information content (AvgIpc) is 2.44. The first kappa shape index (κ1) is 14.0. The lowest BCUT2D eigenvalue weighted by Crippen LogP contribution is -2.15. The summed E-state index contributed by atoms with van der Waals surface area (Å²) in [6, 6.07) is 12.9. The highest BCUT2D eigenvalue weighted by Crippen LogP contribution is 2.25. The Morgan fingerprint density at radius 1 is 1.15 bits per heavy atom. The lowest BCUT2D eigenvalue weighted by Gasteiger charge is -2.08. The molecule has 0 aliphatic carbocycles. The number of nitrogens with two attached hydrogens (primary N) is 1. The van der Waals surface area contributed by atoms with Crippen LogP contribution in [-0.4, -0.2) is 12.5 Å². The van der Waals surface area contributed by atoms with E-state index in [-0.39, 0.29) is 18.1 Å². The maximum Gasteiger partial charge on any atom is 0.225 e. The standard InChI is InChI=1S/C15H15FN2O2/c16-13-3-1-2-4-14(13)20-12-7-5-11(6-8-12)18-15(19)9-10-17/h1-8H,9-10,17H2,(H,18,19). The fraction of sp³-hybridized carbons (Fsp3) is 0.133. The zero-order valence-electron chi connectivity index (χ0n) is 10.8. The van der Waals surface area contributed by atoms with Gasteiger partial charge in [-0.25, -0.2) is 4.39 Å². The minimum atomic E-state index is -0.423. The van der Waals surface area contributed by atoms with Crippen LogP contribution in [0.5, 0.6) is 11.5 Å². The molecule has 0 atom stereocenters. The lowest BCUT2D eigenvalue weighted by atomic mass is 10.3. The molecular formula is C15H15FN2O2. The highest BCUT2D eigenvalue weighted by Gasteiger charge is 2.04. The Morgan fingerprint density at radius 3 is 2.50 bits per heavy atom. The average molecular weight is 274 g/mol. The molecule has 3 N–H and O–H groups in total. The van der Waals surface area contributed by atoms with Gasteiger partial charge in [-0.15, -0.1) is 0 Å². The highest BCUT2D eigenvalue weighted by atomic mass is 19.1. The van der Waals surface area contributed by atoms with Gasteiger partial charge in [0.15, 0.2) is 11.6 Å². The molecule has 20 heavy (non-hydrogen) atoms. The third-order valence-electron chi connectivity index (χ3n) is 2.57. The molecule has 0 heterocycles. The molecule has 5 heteroatoms. The van der Waals surface area contributed by atoms with Gasteiger partial charge in [-0.2, -0.15) is 0 Å². The third kappa shape index (κ3) is 3.80. The van der Waals surface area contributed by atoms with E-state index in [0.29, 0.717) is 18.0 Å². The van der Waals surface area contributed by atoms with E-state index in [2.05, 4.69) is 5.32 Å². The van der Waals surface area contributed by atoms with E-state index in [1.807, 2.05) is 0 Å². The van der Waals surface area contributed by atoms with Crippen LogP contribution in [0.2, 0.25) is 0 Å². The number of carbonyl (C=O) groups is 1. The van der Waals surface area contributed by atoms with Crippen LogP contribution in [0.3, 0.4) is 0 Å². The molecule has 0 unspecified atom stereocenters. The summed E-state index contributed by atoms with van der Waals surface area (Å²) in [6.45, 7) is 0.306. The van der Waals surface area contributed by atoms with Crippen LogP contribution in [0, 0.1) is 5.82 Å². The molecule has 0 radical (unpaired) electrons. The number of ether oxygens (including phenoxy) is 1. The summed E-state index contributed by atoms with van der Waals surface area (Å²) in [7, 11) is 0. The van der Waals surface area contributed by atoms with Gasteiger partial charge in [-0.1, -0.05) is 12.1 Å². The van der Waals surface area contributed by atoms with Gasteiger partial charge in [-0.05, 0) is 36.4 Å². The molecule has 0 spiro atoms. The summed E-state index contributed by atoms with van der Waals surface area (Å²) >= 11 is 0. The van der Waals surface area contributed by atoms with Crippen molar-refractivity contribution in [1.82, 2.24) is 0 Å². The number of nitrogens with one attached hydrogen (secondary N) is 1. The number of para-hydroxylation sites is 1. The first-order valence-electron chi connectivity index (χ1n) is 6.21. The Kier molecular flexibility index (Phi) is 4.68. The Labute approximate surface area is 116 Å². The van der Waals surface area contributed by atoms with Crippen LogP contribution in [0.1, 0.15) is 6.42 Å². The van der Waals surface area contributed by atoms with Crippen LogP contribution in [-0.2, 0) is 4.79 Å². The van der Waals surface area contributed by atoms with Crippen molar-refractivity contribution >= 4 is 11.6 Å². The Hall–Kier alpha value is -2.40. The predicted octanol–water partition coefficient (Wildman–Crippen LogP) is 2.91. The van der Waals surface area contributed by atoms with Gasteiger partial charge >= 0.3 is 0 Å². The second kappa shape index (κ2) is 6.68. The zero-order chi connectivity index (χ0) is 14.4. The lowest BCUT2D eigenvalue weighted by molar-refractivity contribution is -0.116. The maximum absolute atomic E-state index is 13.4. The van der Waals surface area contributed by atoms with Crippen LogP contribution >= 0.6 is 0 Å². The smallest absolute Gasteiger partial charge is 0.225 e. The third-order valence-corrected chi connectivity index (χ3v) is 2.57. The Morgan fingerprint density at radius 2 is 1.85 bits per heavy atom. The molecule has 0 aromatic heterocycles. The van der Waals surface area contributed by atoms with Crippen LogP contribution in [0.25, 0.3) is 0 Å². The summed E-state index contributed by atoms with van der Waals surface area (Å²) in [5.74, 6) is 0.0856. The van der Waals surface area contributed by atoms with Gasteiger partial charge in [0, 0.05) is 18.7 Å². The van der Waals surface area contributed by atoms with E-state index >= 15 is 0 Å². The van der Waals surface area contributed by atoms with E-state index < -0.39 is 5.82 Å². The molecule has 1 amide bonds. The van der Waals surface area contributed by atoms with E-state index in [1.54, 1.807) is 42.5 Å². The van der Waals surface area contributed by atoms with Crippen molar-refractivity contribution in [2.75, 3.05) is 11.9 Å². The molecule has 2 rings (SSSR count). The molecule has 0 aliphatic rings. The van der Waals surface area contributed by atoms with Crippen molar-refractivity contribution in [3.63, 3.8) is 0 Å². The number of amides is 1. The van der Waals surface area contributed by atoms with Crippen molar-refractivity contribution in [2.24, 2.45) is 5.73 Å². The number of halogens is 1. The molecule has 0 saturated carbocycles. The number of benzene rings is 2. The van der Waals surface area contributed by atoms with Crippen molar-refractivity contribution in [2.45, 2.75) is 6.42 Å². The van der Waals surface area contributed by atoms with Crippen molar-refractivity contribution in [1.29, 1.82) is 0 Å². The minimum Gasteiger partial charge on any atom is -0.454 e. The Balaban J connectivity index is 2.02. The van der Waals surface area contributed by atoms with Crippen LogP contribution in [0.15, 0.2) is 48.5 Å². The van der Waals surface area contributed by atoms with Gasteiger partial charge in [0.2, 0.25) is 5.91 Å². The number of rotatable bonds is 5. The summed E-state index contributed by atoms with van der Waals surface area (Å²) in [5.41, 5.74) is 5.93. The quantitative estimate of drug-likeness (QED) is 0.881. The SMILES string of the molecule is NCCC(=O)Nc1ccc(Oc2ccccc2F)cc1. The largest absolute Gasteiger partial charge is 0.454 e. The van der Waals surface area contributed by atoms with Crippen LogP contribution in [0.4, 0.5) is 10.1 Å². The Bertz CT molecular complexity index is 585. The number of hydrogen-bond donors (Lipinski definition) is 2. The highest BCUT2D eigenvalue weighted by molar-refractivity contribution is 5.90. The topological polar surface area (TPSA) is 64.4 Å². The summed E-state index contributed by atoms with van der Waals surface area (Å²) in [5, 5.41) is 2.70. The van der Waals surface area contributed by atoms with Crippen molar-refractivity contribution in [3.05, 3.63) is 54.3 Å². The van der Waals surface area contributed by atoms with E-state index in [1.165, 1.54) is 6.07 Å². The second-order valence-corrected chi connectivity index (χ2v) is 4.14. The molecule has 104 valence electrons. The molecule has 0 aliphatic heterocycles. The first-order chi connectivity index (χ1) is 9.69. The van der Waals surface area contributed by atoms with Crippen LogP contribution < -0.4 is 15.8 Å². The number of carbonyl (C=O) groups excluding carboxylic acids is 1. The first-order valence-corrected chi connectivity index (χ1v) is 6.21.